The van der Waals surface area contributed by atoms with Gasteiger partial charge in [-0.25, -0.2) is 4.98 Å². The Balaban J connectivity index is 1.60. The Kier molecular flexibility index (Phi) is 6.52. The van der Waals surface area contributed by atoms with Gasteiger partial charge in [0.1, 0.15) is 23.1 Å². The van der Waals surface area contributed by atoms with E-state index >= 15 is 0 Å². The molecule has 0 aliphatic heterocycles. The van der Waals surface area contributed by atoms with Crippen molar-refractivity contribution < 1.29 is 19.0 Å². The van der Waals surface area contributed by atoms with Crippen molar-refractivity contribution in [1.29, 1.82) is 0 Å². The lowest BCUT2D eigenvalue weighted by atomic mass is 10.2. The Morgan fingerprint density at radius 2 is 1.52 bits per heavy atom. The summed E-state index contributed by atoms with van der Waals surface area (Å²) < 4.78 is 15.6. The van der Waals surface area contributed by atoms with Crippen molar-refractivity contribution in [3.8, 4) is 17.2 Å². The van der Waals surface area contributed by atoms with Crippen LogP contribution in [-0.4, -0.2) is 32.2 Å². The van der Waals surface area contributed by atoms with Gasteiger partial charge in [-0.2, -0.15) is 0 Å². The number of methoxy groups -OCH3 is 3. The molecule has 2 N–H and O–H groups in total. The summed E-state index contributed by atoms with van der Waals surface area (Å²) in [6.45, 7) is 0.654. The fraction of sp³-hybridized carbons (Fsp3) is 0.182. The minimum atomic E-state index is -0.298. The van der Waals surface area contributed by atoms with Crippen molar-refractivity contribution in [3.63, 3.8) is 0 Å². The minimum Gasteiger partial charge on any atom is -0.497 e. The van der Waals surface area contributed by atoms with Gasteiger partial charge in [-0.05, 0) is 42.0 Å². The predicted molar refractivity (Wildman–Crippen MR) is 112 cm³/mol. The number of carbonyl (C=O) groups is 1. The molecule has 0 saturated carbocycles. The van der Waals surface area contributed by atoms with E-state index in [2.05, 4.69) is 15.6 Å². The van der Waals surface area contributed by atoms with Gasteiger partial charge in [0.05, 0.1) is 33.2 Å². The van der Waals surface area contributed by atoms with E-state index in [0.717, 1.165) is 17.0 Å². The third-order valence-electron chi connectivity index (χ3n) is 4.27. The van der Waals surface area contributed by atoms with Gasteiger partial charge in [0.15, 0.2) is 0 Å². The molecule has 3 rings (SSSR count). The lowest BCUT2D eigenvalue weighted by Gasteiger charge is -2.10. The number of ether oxygens (including phenoxy) is 3. The number of hydrogen-bond donors (Lipinski definition) is 2. The molecule has 7 heteroatoms. The lowest BCUT2D eigenvalue weighted by molar-refractivity contribution is 0.102. The SMILES string of the molecule is COc1ccc(CNc2ccc(NC(=O)c3cc(OC)cc(OC)c3)nc2)cc1. The third kappa shape index (κ3) is 5.38. The molecule has 1 heterocycles. The third-order valence-corrected chi connectivity index (χ3v) is 4.27. The summed E-state index contributed by atoms with van der Waals surface area (Å²) in [5.41, 5.74) is 2.39. The summed E-state index contributed by atoms with van der Waals surface area (Å²) in [4.78, 5) is 16.8. The molecule has 0 spiro atoms. The first kappa shape index (κ1) is 20.0. The van der Waals surface area contributed by atoms with Gasteiger partial charge in [0.2, 0.25) is 0 Å². The molecule has 1 aromatic heterocycles. The van der Waals surface area contributed by atoms with E-state index in [-0.39, 0.29) is 5.91 Å². The smallest absolute Gasteiger partial charge is 0.257 e. The molecule has 2 aromatic carbocycles. The highest BCUT2D eigenvalue weighted by molar-refractivity contribution is 6.04. The van der Waals surface area contributed by atoms with Crippen molar-refractivity contribution in [2.24, 2.45) is 0 Å². The Bertz CT molecular complexity index is 935. The number of benzene rings is 2. The Morgan fingerprint density at radius 1 is 0.862 bits per heavy atom. The average molecular weight is 393 g/mol. The second-order valence-electron chi connectivity index (χ2n) is 6.19. The van der Waals surface area contributed by atoms with Crippen molar-refractivity contribution in [2.45, 2.75) is 6.54 Å². The minimum absolute atomic E-state index is 0.298. The fourth-order valence-corrected chi connectivity index (χ4v) is 2.65. The molecular weight excluding hydrogens is 370 g/mol. The quantitative estimate of drug-likeness (QED) is 0.603. The number of pyridine rings is 1. The molecule has 150 valence electrons. The van der Waals surface area contributed by atoms with E-state index in [1.54, 1.807) is 37.6 Å². The van der Waals surface area contributed by atoms with Crippen LogP contribution in [-0.2, 0) is 6.54 Å². The number of aromatic nitrogens is 1. The summed E-state index contributed by atoms with van der Waals surface area (Å²) in [5.74, 6) is 2.06. The van der Waals surface area contributed by atoms with Gasteiger partial charge >= 0.3 is 0 Å². The van der Waals surface area contributed by atoms with Crippen LogP contribution in [0.4, 0.5) is 11.5 Å². The molecule has 0 aliphatic rings. The molecule has 0 aliphatic carbocycles. The number of rotatable bonds is 8. The van der Waals surface area contributed by atoms with E-state index in [1.165, 1.54) is 14.2 Å². The summed E-state index contributed by atoms with van der Waals surface area (Å²) in [7, 11) is 4.72. The Labute approximate surface area is 169 Å². The first-order chi connectivity index (χ1) is 14.1. The maximum atomic E-state index is 12.5. The first-order valence-corrected chi connectivity index (χ1v) is 8.98. The van der Waals surface area contributed by atoms with Crippen molar-refractivity contribution in [2.75, 3.05) is 32.0 Å². The molecule has 3 aromatic rings. The van der Waals surface area contributed by atoms with Gasteiger partial charge in [0, 0.05) is 18.2 Å². The highest BCUT2D eigenvalue weighted by atomic mass is 16.5. The average Bonchev–Trinajstić information content (AvgIpc) is 2.78. The summed E-state index contributed by atoms with van der Waals surface area (Å²) in [6, 6.07) is 16.4. The number of carbonyl (C=O) groups excluding carboxylic acids is 1. The van der Waals surface area contributed by atoms with E-state index < -0.39 is 0 Å². The van der Waals surface area contributed by atoms with Crippen LogP contribution in [0, 0.1) is 0 Å². The molecular formula is C22H23N3O4. The fourth-order valence-electron chi connectivity index (χ4n) is 2.65. The maximum absolute atomic E-state index is 12.5. The Morgan fingerprint density at radius 3 is 2.07 bits per heavy atom. The summed E-state index contributed by atoms with van der Waals surface area (Å²) in [5, 5.41) is 6.06. The van der Waals surface area contributed by atoms with E-state index in [4.69, 9.17) is 14.2 Å². The van der Waals surface area contributed by atoms with Crippen molar-refractivity contribution >= 4 is 17.4 Å². The van der Waals surface area contributed by atoms with Gasteiger partial charge in [-0.15, -0.1) is 0 Å². The van der Waals surface area contributed by atoms with Crippen LogP contribution < -0.4 is 24.8 Å². The standard InChI is InChI=1S/C22H23N3O4/c1-27-18-7-4-15(5-8-18)13-23-17-6-9-21(24-14-17)25-22(26)16-10-19(28-2)12-20(11-16)29-3/h4-12,14,23H,13H2,1-3H3,(H,24,25,26). The zero-order valence-corrected chi connectivity index (χ0v) is 16.6. The van der Waals surface area contributed by atoms with Crippen LogP contribution in [0.15, 0.2) is 60.8 Å². The van der Waals surface area contributed by atoms with Crippen LogP contribution in [0.1, 0.15) is 15.9 Å². The molecule has 0 bridgehead atoms. The number of amides is 1. The zero-order valence-electron chi connectivity index (χ0n) is 16.6. The summed E-state index contributed by atoms with van der Waals surface area (Å²) >= 11 is 0. The first-order valence-electron chi connectivity index (χ1n) is 8.98. The normalized spacial score (nSPS) is 10.2. The molecule has 0 unspecified atom stereocenters. The number of nitrogens with one attached hydrogen (secondary N) is 2. The number of hydrogen-bond acceptors (Lipinski definition) is 6. The summed E-state index contributed by atoms with van der Waals surface area (Å²) in [6.07, 6.45) is 1.67. The van der Waals surface area contributed by atoms with Crippen LogP contribution in [0.25, 0.3) is 0 Å². The second-order valence-corrected chi connectivity index (χ2v) is 6.19. The number of nitrogens with zero attached hydrogens (tertiary/aromatic N) is 1. The highest BCUT2D eigenvalue weighted by Gasteiger charge is 2.11. The largest absolute Gasteiger partial charge is 0.497 e. The highest BCUT2D eigenvalue weighted by Crippen LogP contribution is 2.23. The van der Waals surface area contributed by atoms with Crippen LogP contribution in [0.2, 0.25) is 0 Å². The Hall–Kier alpha value is -3.74. The van der Waals surface area contributed by atoms with Gasteiger partial charge in [-0.1, -0.05) is 12.1 Å². The van der Waals surface area contributed by atoms with Gasteiger partial charge < -0.3 is 24.8 Å². The molecule has 7 nitrogen and oxygen atoms in total. The molecule has 0 fully saturated rings. The van der Waals surface area contributed by atoms with Gasteiger partial charge in [-0.3, -0.25) is 4.79 Å². The number of anilines is 2. The van der Waals surface area contributed by atoms with Crippen molar-refractivity contribution in [1.82, 2.24) is 4.98 Å². The molecule has 0 radical (unpaired) electrons. The maximum Gasteiger partial charge on any atom is 0.257 e. The van der Waals surface area contributed by atoms with Crippen LogP contribution >= 0.6 is 0 Å². The molecule has 29 heavy (non-hydrogen) atoms. The second kappa shape index (κ2) is 9.45. The topological polar surface area (TPSA) is 81.7 Å². The lowest BCUT2D eigenvalue weighted by Crippen LogP contribution is -2.13. The van der Waals surface area contributed by atoms with Crippen LogP contribution in [0.5, 0.6) is 17.2 Å². The van der Waals surface area contributed by atoms with E-state index in [9.17, 15) is 4.79 Å². The molecule has 0 atom stereocenters. The zero-order chi connectivity index (χ0) is 20.6. The monoisotopic (exact) mass is 393 g/mol. The van der Waals surface area contributed by atoms with E-state index in [1.807, 2.05) is 30.3 Å². The van der Waals surface area contributed by atoms with Gasteiger partial charge in [0.25, 0.3) is 5.91 Å². The van der Waals surface area contributed by atoms with E-state index in [0.29, 0.717) is 29.4 Å². The van der Waals surface area contributed by atoms with Crippen LogP contribution in [0.3, 0.4) is 0 Å². The molecule has 1 amide bonds. The van der Waals surface area contributed by atoms with Crippen molar-refractivity contribution in [3.05, 3.63) is 71.9 Å². The molecule has 0 saturated heterocycles. The predicted octanol–water partition coefficient (Wildman–Crippen LogP) is 3.97.